The van der Waals surface area contributed by atoms with Crippen LogP contribution in [-0.2, 0) is 10.0 Å². The van der Waals surface area contributed by atoms with Crippen molar-refractivity contribution >= 4 is 27.3 Å². The van der Waals surface area contributed by atoms with Crippen LogP contribution in [0.25, 0.3) is 10.6 Å². The number of rotatable bonds is 6. The molecule has 0 aliphatic rings. The van der Waals surface area contributed by atoms with E-state index in [9.17, 15) is 13.2 Å². The monoisotopic (exact) mass is 340 g/mol. The Morgan fingerprint density at radius 3 is 2.77 bits per heavy atom. The molecule has 118 valence electrons. The van der Waals surface area contributed by atoms with Crippen LogP contribution >= 0.6 is 11.3 Å². The van der Waals surface area contributed by atoms with Gasteiger partial charge in [0.05, 0.1) is 18.4 Å². The number of carbonyl (C=O) groups is 1. The lowest BCUT2D eigenvalue weighted by Crippen LogP contribution is -2.32. The molecule has 0 atom stereocenters. The second-order valence-electron chi connectivity index (χ2n) is 4.49. The molecular formula is C14H16N2O4S2. The minimum Gasteiger partial charge on any atom is -0.496 e. The number of benzene rings is 1. The highest BCUT2D eigenvalue weighted by molar-refractivity contribution is 7.90. The average molecular weight is 340 g/mol. The van der Waals surface area contributed by atoms with Crippen LogP contribution in [0.3, 0.4) is 0 Å². The summed E-state index contributed by atoms with van der Waals surface area (Å²) in [6.45, 7) is 1.73. The van der Waals surface area contributed by atoms with Crippen LogP contribution in [0.4, 0.5) is 0 Å². The van der Waals surface area contributed by atoms with Gasteiger partial charge in [-0.1, -0.05) is 19.1 Å². The summed E-state index contributed by atoms with van der Waals surface area (Å²) in [6.07, 6.45) is 0.437. The van der Waals surface area contributed by atoms with Crippen LogP contribution in [0.15, 0.2) is 29.6 Å². The molecule has 1 N–H and O–H groups in total. The van der Waals surface area contributed by atoms with Crippen molar-refractivity contribution in [2.24, 2.45) is 0 Å². The van der Waals surface area contributed by atoms with Gasteiger partial charge in [0.2, 0.25) is 10.0 Å². The summed E-state index contributed by atoms with van der Waals surface area (Å²) in [5.41, 5.74) is 0.830. The van der Waals surface area contributed by atoms with Gasteiger partial charge in [0.15, 0.2) is 0 Å². The molecule has 6 nitrogen and oxygen atoms in total. The summed E-state index contributed by atoms with van der Waals surface area (Å²) in [5.74, 6) is -0.171. The third-order valence-corrected chi connectivity index (χ3v) is 5.11. The fourth-order valence-electron chi connectivity index (χ4n) is 1.84. The zero-order valence-corrected chi connectivity index (χ0v) is 13.8. The number of para-hydroxylation sites is 1. The largest absolute Gasteiger partial charge is 0.496 e. The van der Waals surface area contributed by atoms with Crippen LogP contribution < -0.4 is 9.46 Å². The van der Waals surface area contributed by atoms with Crippen LogP contribution in [0, 0.1) is 0 Å². The first-order chi connectivity index (χ1) is 10.5. The van der Waals surface area contributed by atoms with Crippen LogP contribution in [0.5, 0.6) is 5.75 Å². The molecule has 1 aromatic carbocycles. The Bertz CT molecular complexity index is 769. The number of aromatic nitrogens is 1. The SMILES string of the molecule is CCCS(=O)(=O)NC(=O)c1csc(-c2ccccc2OC)n1. The molecule has 2 rings (SSSR count). The van der Waals surface area contributed by atoms with Gasteiger partial charge in [-0.25, -0.2) is 18.1 Å². The van der Waals surface area contributed by atoms with E-state index in [0.29, 0.717) is 17.2 Å². The predicted molar refractivity (Wildman–Crippen MR) is 85.6 cm³/mol. The number of nitrogens with one attached hydrogen (secondary N) is 1. The standard InChI is InChI=1S/C14H16N2O4S2/c1-3-8-22(18,19)16-13(17)11-9-21-14(15-11)10-6-4-5-7-12(10)20-2/h4-7,9H,3,8H2,1-2H3,(H,16,17). The quantitative estimate of drug-likeness (QED) is 0.872. The van der Waals surface area contributed by atoms with Gasteiger partial charge in [0.1, 0.15) is 16.5 Å². The first kappa shape index (κ1) is 16.4. The number of hydrogen-bond donors (Lipinski definition) is 1. The second-order valence-corrected chi connectivity index (χ2v) is 7.19. The maximum atomic E-state index is 12.0. The van der Waals surface area contributed by atoms with Crippen molar-refractivity contribution in [3.63, 3.8) is 0 Å². The molecule has 0 bridgehead atoms. The lowest BCUT2D eigenvalue weighted by molar-refractivity contribution is 0.0977. The van der Waals surface area contributed by atoms with Crippen LogP contribution in [-0.4, -0.2) is 32.2 Å². The van der Waals surface area contributed by atoms with E-state index in [2.05, 4.69) is 4.98 Å². The minimum absolute atomic E-state index is 0.0746. The van der Waals surface area contributed by atoms with E-state index >= 15 is 0 Å². The van der Waals surface area contributed by atoms with Crippen molar-refractivity contribution in [1.29, 1.82) is 0 Å². The molecule has 1 heterocycles. The molecule has 22 heavy (non-hydrogen) atoms. The van der Waals surface area contributed by atoms with Crippen molar-refractivity contribution < 1.29 is 17.9 Å². The lowest BCUT2D eigenvalue weighted by Gasteiger charge is -2.05. The number of nitrogens with zero attached hydrogens (tertiary/aromatic N) is 1. The summed E-state index contributed by atoms with van der Waals surface area (Å²) in [4.78, 5) is 16.2. The third kappa shape index (κ3) is 3.83. The fourth-order valence-corrected chi connectivity index (χ4v) is 3.69. The topological polar surface area (TPSA) is 85.4 Å². The van der Waals surface area contributed by atoms with Crippen molar-refractivity contribution in [1.82, 2.24) is 9.71 Å². The maximum absolute atomic E-state index is 12.0. The molecule has 0 aliphatic carbocycles. The number of hydrogen-bond acceptors (Lipinski definition) is 6. The summed E-state index contributed by atoms with van der Waals surface area (Å²) in [7, 11) is -2.05. The van der Waals surface area contributed by atoms with Gasteiger partial charge in [-0.15, -0.1) is 11.3 Å². The number of sulfonamides is 1. The zero-order valence-electron chi connectivity index (χ0n) is 12.2. The van der Waals surface area contributed by atoms with Crippen molar-refractivity contribution in [3.8, 4) is 16.3 Å². The van der Waals surface area contributed by atoms with E-state index in [4.69, 9.17) is 4.74 Å². The molecule has 8 heteroatoms. The summed E-state index contributed by atoms with van der Waals surface area (Å²) >= 11 is 1.25. The Balaban J connectivity index is 2.23. The summed E-state index contributed by atoms with van der Waals surface area (Å²) in [6, 6.07) is 7.29. The van der Waals surface area contributed by atoms with Crippen LogP contribution in [0.2, 0.25) is 0 Å². The number of amides is 1. The van der Waals surface area contributed by atoms with Crippen LogP contribution in [0.1, 0.15) is 23.8 Å². The summed E-state index contributed by atoms with van der Waals surface area (Å²) in [5, 5.41) is 2.12. The Labute approximate surface area is 133 Å². The molecule has 1 amide bonds. The molecule has 0 aliphatic heterocycles. The Hall–Kier alpha value is -1.93. The summed E-state index contributed by atoms with van der Waals surface area (Å²) < 4.78 is 30.5. The van der Waals surface area contributed by atoms with E-state index in [1.54, 1.807) is 20.1 Å². The van der Waals surface area contributed by atoms with E-state index in [1.165, 1.54) is 16.7 Å². The van der Waals surface area contributed by atoms with E-state index in [0.717, 1.165) is 5.56 Å². The average Bonchev–Trinajstić information content (AvgIpc) is 2.96. The van der Waals surface area contributed by atoms with Gasteiger partial charge < -0.3 is 4.74 Å². The number of ether oxygens (including phenoxy) is 1. The normalized spacial score (nSPS) is 11.2. The van der Waals surface area contributed by atoms with Crippen molar-refractivity contribution in [2.75, 3.05) is 12.9 Å². The predicted octanol–water partition coefficient (Wildman–Crippen LogP) is 2.29. The number of methoxy groups -OCH3 is 1. The number of carbonyl (C=O) groups excluding carboxylic acids is 1. The molecule has 2 aromatic rings. The molecule has 0 radical (unpaired) electrons. The lowest BCUT2D eigenvalue weighted by atomic mass is 10.2. The highest BCUT2D eigenvalue weighted by Crippen LogP contribution is 2.31. The van der Waals surface area contributed by atoms with Crippen molar-refractivity contribution in [3.05, 3.63) is 35.3 Å². The fraction of sp³-hybridized carbons (Fsp3) is 0.286. The molecule has 1 aromatic heterocycles. The van der Waals surface area contributed by atoms with E-state index < -0.39 is 15.9 Å². The molecule has 0 spiro atoms. The Morgan fingerprint density at radius 1 is 1.36 bits per heavy atom. The Kier molecular flexibility index (Phi) is 5.15. The van der Waals surface area contributed by atoms with Gasteiger partial charge in [-0.2, -0.15) is 0 Å². The highest BCUT2D eigenvalue weighted by Gasteiger charge is 2.19. The van der Waals surface area contributed by atoms with Crippen molar-refractivity contribution in [2.45, 2.75) is 13.3 Å². The van der Waals surface area contributed by atoms with Gasteiger partial charge >= 0.3 is 0 Å². The molecule has 0 fully saturated rings. The molecule has 0 saturated heterocycles. The molecule has 0 unspecified atom stereocenters. The third-order valence-electron chi connectivity index (χ3n) is 2.80. The van der Waals surface area contributed by atoms with Gasteiger partial charge in [-0.3, -0.25) is 4.79 Å². The van der Waals surface area contributed by atoms with Gasteiger partial charge in [0, 0.05) is 5.38 Å². The van der Waals surface area contributed by atoms with Gasteiger partial charge in [-0.05, 0) is 18.6 Å². The maximum Gasteiger partial charge on any atom is 0.284 e. The highest BCUT2D eigenvalue weighted by atomic mass is 32.2. The first-order valence-electron chi connectivity index (χ1n) is 6.60. The smallest absolute Gasteiger partial charge is 0.284 e. The first-order valence-corrected chi connectivity index (χ1v) is 9.13. The molecule has 0 saturated carbocycles. The number of thiazole rings is 1. The second kappa shape index (κ2) is 6.89. The van der Waals surface area contributed by atoms with E-state index in [1.807, 2.05) is 22.9 Å². The van der Waals surface area contributed by atoms with E-state index in [-0.39, 0.29) is 11.4 Å². The van der Waals surface area contributed by atoms with Gasteiger partial charge in [0.25, 0.3) is 5.91 Å². The zero-order chi connectivity index (χ0) is 16.2. The Morgan fingerprint density at radius 2 is 2.09 bits per heavy atom. The molecular weight excluding hydrogens is 324 g/mol. The minimum atomic E-state index is -3.61.